The van der Waals surface area contributed by atoms with Crippen molar-refractivity contribution in [2.75, 3.05) is 20.2 Å². The maximum Gasteiger partial charge on any atom is 0.178 e. The molecule has 20 heavy (non-hydrogen) atoms. The van der Waals surface area contributed by atoms with Crippen LogP contribution in [0.5, 0.6) is 5.75 Å². The largest absolute Gasteiger partial charge is 0.497 e. The molecule has 106 valence electrons. The summed E-state index contributed by atoms with van der Waals surface area (Å²) in [5, 5.41) is 0. The van der Waals surface area contributed by atoms with Crippen molar-refractivity contribution in [3.8, 4) is 5.75 Å². The lowest BCUT2D eigenvalue weighted by Crippen LogP contribution is -2.27. The zero-order chi connectivity index (χ0) is 13.7. The summed E-state index contributed by atoms with van der Waals surface area (Å²) in [6.07, 6.45) is 3.81. The molecule has 0 bridgehead atoms. The van der Waals surface area contributed by atoms with Crippen molar-refractivity contribution in [2.24, 2.45) is 0 Å². The minimum atomic E-state index is 0.505. The number of nitrogens with zero attached hydrogens (tertiary/aromatic N) is 2. The molecule has 2 fully saturated rings. The highest BCUT2D eigenvalue weighted by Crippen LogP contribution is 2.38. The molecule has 2 aliphatic heterocycles. The molecular formula is C15H19N3OS. The third kappa shape index (κ3) is 1.73. The number of rotatable bonds is 2. The summed E-state index contributed by atoms with van der Waals surface area (Å²) in [5.74, 6) is 0.890. The molecule has 2 aromatic rings. The summed E-state index contributed by atoms with van der Waals surface area (Å²) >= 11 is 5.58. The SMILES string of the molecule is COc1ccc2[nH]c(=S)n(C3CCN4CCCC34)c2c1. The Bertz CT molecular complexity index is 705. The van der Waals surface area contributed by atoms with Gasteiger partial charge in [0.25, 0.3) is 0 Å². The molecule has 1 aromatic carbocycles. The van der Waals surface area contributed by atoms with Gasteiger partial charge in [-0.1, -0.05) is 0 Å². The van der Waals surface area contributed by atoms with Crippen molar-refractivity contribution in [1.82, 2.24) is 14.5 Å². The number of nitrogens with one attached hydrogen (secondary N) is 1. The maximum atomic E-state index is 5.58. The predicted octanol–water partition coefficient (Wildman–Crippen LogP) is 3.12. The fraction of sp³-hybridized carbons (Fsp3) is 0.533. The second-order valence-corrected chi connectivity index (χ2v) is 6.17. The normalized spacial score (nSPS) is 26.2. The van der Waals surface area contributed by atoms with E-state index in [4.69, 9.17) is 17.0 Å². The van der Waals surface area contributed by atoms with E-state index in [2.05, 4.69) is 26.6 Å². The number of hydrogen-bond donors (Lipinski definition) is 1. The number of aromatic amines is 1. The van der Waals surface area contributed by atoms with Crippen LogP contribution < -0.4 is 4.74 Å². The molecule has 0 spiro atoms. The summed E-state index contributed by atoms with van der Waals surface area (Å²) in [5.41, 5.74) is 2.28. The Morgan fingerprint density at radius 3 is 3.00 bits per heavy atom. The topological polar surface area (TPSA) is 33.2 Å². The van der Waals surface area contributed by atoms with E-state index in [-0.39, 0.29) is 0 Å². The van der Waals surface area contributed by atoms with Crippen LogP contribution in [-0.2, 0) is 0 Å². The Morgan fingerprint density at radius 2 is 2.15 bits per heavy atom. The molecule has 1 N–H and O–H groups in total. The molecule has 2 unspecified atom stereocenters. The first-order valence-corrected chi connectivity index (χ1v) is 7.71. The lowest BCUT2D eigenvalue weighted by Gasteiger charge is -2.22. The van der Waals surface area contributed by atoms with Crippen molar-refractivity contribution in [3.05, 3.63) is 23.0 Å². The molecule has 3 heterocycles. The molecule has 0 aliphatic carbocycles. The zero-order valence-corrected chi connectivity index (χ0v) is 12.4. The number of methoxy groups -OCH3 is 1. The molecule has 5 heteroatoms. The fourth-order valence-electron chi connectivity index (χ4n) is 3.91. The third-order valence-corrected chi connectivity index (χ3v) is 5.13. The van der Waals surface area contributed by atoms with Crippen LogP contribution in [0.3, 0.4) is 0 Å². The molecular weight excluding hydrogens is 270 g/mol. The minimum Gasteiger partial charge on any atom is -0.497 e. The van der Waals surface area contributed by atoms with Crippen LogP contribution >= 0.6 is 12.2 Å². The van der Waals surface area contributed by atoms with Gasteiger partial charge in [0.05, 0.1) is 24.2 Å². The van der Waals surface area contributed by atoms with E-state index in [1.165, 1.54) is 37.9 Å². The molecule has 2 saturated heterocycles. The third-order valence-electron chi connectivity index (χ3n) is 4.83. The van der Waals surface area contributed by atoms with Crippen molar-refractivity contribution in [2.45, 2.75) is 31.3 Å². The van der Waals surface area contributed by atoms with Gasteiger partial charge in [0.1, 0.15) is 5.75 Å². The van der Waals surface area contributed by atoms with Gasteiger partial charge in [0.15, 0.2) is 4.77 Å². The van der Waals surface area contributed by atoms with Gasteiger partial charge < -0.3 is 14.3 Å². The number of benzene rings is 1. The van der Waals surface area contributed by atoms with E-state index < -0.39 is 0 Å². The van der Waals surface area contributed by atoms with Gasteiger partial charge in [-0.05, 0) is 50.2 Å². The first kappa shape index (κ1) is 12.4. The van der Waals surface area contributed by atoms with Crippen molar-refractivity contribution < 1.29 is 4.74 Å². The van der Waals surface area contributed by atoms with Gasteiger partial charge in [-0.15, -0.1) is 0 Å². The molecule has 4 nitrogen and oxygen atoms in total. The Hall–Kier alpha value is -1.33. The van der Waals surface area contributed by atoms with Crippen LogP contribution in [0.25, 0.3) is 11.0 Å². The first-order chi connectivity index (χ1) is 9.78. The van der Waals surface area contributed by atoms with E-state index in [0.29, 0.717) is 12.1 Å². The Morgan fingerprint density at radius 1 is 1.25 bits per heavy atom. The van der Waals surface area contributed by atoms with E-state index in [1.54, 1.807) is 7.11 Å². The van der Waals surface area contributed by atoms with Crippen molar-refractivity contribution in [3.63, 3.8) is 0 Å². The summed E-state index contributed by atoms with van der Waals surface area (Å²) < 4.78 is 8.53. The molecule has 4 rings (SSSR count). The van der Waals surface area contributed by atoms with Gasteiger partial charge in [-0.25, -0.2) is 0 Å². The molecule has 0 amide bonds. The number of aromatic nitrogens is 2. The van der Waals surface area contributed by atoms with Gasteiger partial charge in [0.2, 0.25) is 0 Å². The van der Waals surface area contributed by atoms with Crippen molar-refractivity contribution >= 4 is 23.3 Å². The summed E-state index contributed by atoms with van der Waals surface area (Å²) in [6.45, 7) is 2.45. The first-order valence-electron chi connectivity index (χ1n) is 7.30. The smallest absolute Gasteiger partial charge is 0.178 e. The fourth-order valence-corrected chi connectivity index (χ4v) is 4.26. The molecule has 1 aromatic heterocycles. The number of fused-ring (bicyclic) bond motifs is 2. The van der Waals surface area contributed by atoms with E-state index >= 15 is 0 Å². The number of H-pyrrole nitrogens is 1. The van der Waals surface area contributed by atoms with Crippen LogP contribution in [-0.4, -0.2) is 40.7 Å². The highest BCUT2D eigenvalue weighted by atomic mass is 32.1. The van der Waals surface area contributed by atoms with Crippen LogP contribution in [0.4, 0.5) is 0 Å². The minimum absolute atomic E-state index is 0.505. The lowest BCUT2D eigenvalue weighted by molar-refractivity contribution is 0.291. The van der Waals surface area contributed by atoms with E-state index in [0.717, 1.165) is 16.0 Å². The van der Waals surface area contributed by atoms with E-state index in [1.807, 2.05) is 6.07 Å². The second-order valence-electron chi connectivity index (χ2n) is 5.78. The van der Waals surface area contributed by atoms with Gasteiger partial charge in [-0.3, -0.25) is 4.90 Å². The lowest BCUT2D eigenvalue weighted by atomic mass is 10.1. The highest BCUT2D eigenvalue weighted by Gasteiger charge is 2.38. The standard InChI is InChI=1S/C15H19N3OS/c1-19-10-4-5-11-14(9-10)18(15(20)16-11)13-6-8-17-7-2-3-12(13)17/h4-5,9,12-13H,2-3,6-8H2,1H3,(H,16,20). The highest BCUT2D eigenvalue weighted by molar-refractivity contribution is 7.71. The van der Waals surface area contributed by atoms with Gasteiger partial charge >= 0.3 is 0 Å². The molecule has 0 radical (unpaired) electrons. The van der Waals surface area contributed by atoms with Gasteiger partial charge in [-0.2, -0.15) is 0 Å². The molecule has 2 aliphatic rings. The monoisotopic (exact) mass is 289 g/mol. The van der Waals surface area contributed by atoms with Crippen LogP contribution in [0.2, 0.25) is 0 Å². The summed E-state index contributed by atoms with van der Waals surface area (Å²) in [6, 6.07) is 7.30. The number of ether oxygens (including phenoxy) is 1. The summed E-state index contributed by atoms with van der Waals surface area (Å²) in [4.78, 5) is 5.96. The molecule has 0 saturated carbocycles. The van der Waals surface area contributed by atoms with Crippen LogP contribution in [0, 0.1) is 4.77 Å². The average Bonchev–Trinajstić information content (AvgIpc) is 3.11. The van der Waals surface area contributed by atoms with Crippen LogP contribution in [0.15, 0.2) is 18.2 Å². The molecule has 2 atom stereocenters. The zero-order valence-electron chi connectivity index (χ0n) is 11.6. The quantitative estimate of drug-likeness (QED) is 0.862. The number of hydrogen-bond acceptors (Lipinski definition) is 3. The van der Waals surface area contributed by atoms with E-state index in [9.17, 15) is 0 Å². The Kier molecular flexibility index (Phi) is 2.86. The Labute approximate surface area is 123 Å². The summed E-state index contributed by atoms with van der Waals surface area (Å²) in [7, 11) is 1.71. The van der Waals surface area contributed by atoms with Crippen LogP contribution in [0.1, 0.15) is 25.3 Å². The second kappa shape index (κ2) is 4.60. The average molecular weight is 289 g/mol. The van der Waals surface area contributed by atoms with Crippen molar-refractivity contribution in [1.29, 1.82) is 0 Å². The predicted molar refractivity (Wildman–Crippen MR) is 81.9 cm³/mol. The number of imidazole rings is 1. The maximum absolute atomic E-state index is 5.58. The van der Waals surface area contributed by atoms with Gasteiger partial charge in [0, 0.05) is 18.7 Å². The Balaban J connectivity index is 1.86.